The van der Waals surface area contributed by atoms with Gasteiger partial charge in [0.1, 0.15) is 17.0 Å². The molecule has 0 aliphatic heterocycles. The molecule has 1 N–H and O–H groups in total. The van der Waals surface area contributed by atoms with Gasteiger partial charge in [-0.2, -0.15) is 0 Å². The average Bonchev–Trinajstić information content (AvgIpc) is 2.67. The minimum Gasteiger partial charge on any atom is -0.367 e. The molecule has 0 aromatic carbocycles. The predicted octanol–water partition coefficient (Wildman–Crippen LogP) is 3.39. The summed E-state index contributed by atoms with van der Waals surface area (Å²) < 4.78 is 0. The van der Waals surface area contributed by atoms with Crippen molar-refractivity contribution in [3.63, 3.8) is 0 Å². The van der Waals surface area contributed by atoms with Gasteiger partial charge in [-0.05, 0) is 45.1 Å². The van der Waals surface area contributed by atoms with Gasteiger partial charge < -0.3 is 5.32 Å². The number of hydrogen-bond acceptors (Lipinski definition) is 4. The molecule has 0 saturated carbocycles. The van der Waals surface area contributed by atoms with Crippen LogP contribution in [0.2, 0.25) is 0 Å². The molecule has 0 bridgehead atoms. The number of hydrogen-bond donors (Lipinski definition) is 1. The summed E-state index contributed by atoms with van der Waals surface area (Å²) in [5.41, 5.74) is 1.50. The Hall–Kier alpha value is -1.16. The van der Waals surface area contributed by atoms with Crippen molar-refractivity contribution in [1.82, 2.24) is 9.97 Å². The molecule has 0 amide bonds. The van der Waals surface area contributed by atoms with E-state index in [1.165, 1.54) is 41.5 Å². The van der Waals surface area contributed by atoms with Crippen LogP contribution in [0.15, 0.2) is 6.33 Å². The fourth-order valence-electron chi connectivity index (χ4n) is 2.47. The van der Waals surface area contributed by atoms with Gasteiger partial charge in [-0.15, -0.1) is 11.3 Å². The van der Waals surface area contributed by atoms with Gasteiger partial charge >= 0.3 is 0 Å². The fraction of sp³-hybridized carbons (Fsp3) is 0.538. The number of rotatable bonds is 2. The summed E-state index contributed by atoms with van der Waals surface area (Å²) in [5, 5.41) is 4.72. The third-order valence-corrected chi connectivity index (χ3v) is 4.38. The van der Waals surface area contributed by atoms with Crippen LogP contribution < -0.4 is 5.32 Å². The van der Waals surface area contributed by atoms with Crippen molar-refractivity contribution >= 4 is 27.4 Å². The minimum absolute atomic E-state index is 0.409. The highest BCUT2D eigenvalue weighted by molar-refractivity contribution is 7.19. The summed E-state index contributed by atoms with van der Waals surface area (Å²) >= 11 is 1.85. The lowest BCUT2D eigenvalue weighted by Gasteiger charge is -2.13. The monoisotopic (exact) mass is 247 g/mol. The molecule has 3 rings (SSSR count). The maximum atomic E-state index is 4.42. The predicted molar refractivity (Wildman–Crippen MR) is 72.8 cm³/mol. The van der Waals surface area contributed by atoms with Crippen LogP contribution in [-0.4, -0.2) is 16.0 Å². The first kappa shape index (κ1) is 11.0. The second-order valence-corrected chi connectivity index (χ2v) is 6.00. The van der Waals surface area contributed by atoms with E-state index in [0.717, 1.165) is 10.6 Å². The van der Waals surface area contributed by atoms with Crippen LogP contribution in [0.25, 0.3) is 10.2 Å². The number of aryl methyl sites for hydroxylation is 2. The van der Waals surface area contributed by atoms with E-state index < -0.39 is 0 Å². The van der Waals surface area contributed by atoms with E-state index in [9.17, 15) is 0 Å². The number of aromatic nitrogens is 2. The molecular formula is C13H17N3S. The molecule has 1 aliphatic rings. The molecule has 0 saturated heterocycles. The largest absolute Gasteiger partial charge is 0.367 e. The summed E-state index contributed by atoms with van der Waals surface area (Å²) in [5.74, 6) is 1.02. The maximum absolute atomic E-state index is 4.42. The second-order valence-electron chi connectivity index (χ2n) is 4.91. The van der Waals surface area contributed by atoms with Crippen molar-refractivity contribution in [3.05, 3.63) is 16.8 Å². The van der Waals surface area contributed by atoms with Crippen LogP contribution >= 0.6 is 11.3 Å². The molecule has 2 heterocycles. The van der Waals surface area contributed by atoms with Crippen LogP contribution in [0.3, 0.4) is 0 Å². The zero-order valence-electron chi connectivity index (χ0n) is 10.3. The summed E-state index contributed by atoms with van der Waals surface area (Å²) in [6.07, 6.45) is 6.71. The number of nitrogens with zero attached hydrogens (tertiary/aromatic N) is 2. The van der Waals surface area contributed by atoms with Crippen molar-refractivity contribution in [2.24, 2.45) is 0 Å². The molecule has 0 atom stereocenters. The maximum Gasteiger partial charge on any atom is 0.138 e. The Kier molecular flexibility index (Phi) is 2.74. The molecule has 1 aliphatic carbocycles. The van der Waals surface area contributed by atoms with Crippen molar-refractivity contribution in [2.45, 2.75) is 45.6 Å². The molecule has 0 fully saturated rings. The van der Waals surface area contributed by atoms with E-state index in [-0.39, 0.29) is 0 Å². The number of fused-ring (bicyclic) bond motifs is 3. The van der Waals surface area contributed by atoms with Crippen LogP contribution in [0.4, 0.5) is 5.82 Å². The molecule has 3 nitrogen and oxygen atoms in total. The van der Waals surface area contributed by atoms with Crippen molar-refractivity contribution in [1.29, 1.82) is 0 Å². The van der Waals surface area contributed by atoms with Gasteiger partial charge in [-0.3, -0.25) is 0 Å². The Morgan fingerprint density at radius 3 is 2.88 bits per heavy atom. The molecule has 4 heteroatoms. The zero-order chi connectivity index (χ0) is 11.8. The van der Waals surface area contributed by atoms with Crippen molar-refractivity contribution in [3.8, 4) is 0 Å². The van der Waals surface area contributed by atoms with E-state index in [0.29, 0.717) is 6.04 Å². The summed E-state index contributed by atoms with van der Waals surface area (Å²) in [4.78, 5) is 11.5. The van der Waals surface area contributed by atoms with Gasteiger partial charge in [-0.1, -0.05) is 0 Å². The van der Waals surface area contributed by atoms with Crippen LogP contribution in [0, 0.1) is 0 Å². The van der Waals surface area contributed by atoms with Gasteiger partial charge in [0.2, 0.25) is 0 Å². The Balaban J connectivity index is 2.18. The third kappa shape index (κ3) is 1.90. The number of thiophene rings is 1. The van der Waals surface area contributed by atoms with E-state index in [4.69, 9.17) is 0 Å². The van der Waals surface area contributed by atoms with Crippen LogP contribution in [-0.2, 0) is 12.8 Å². The summed E-state index contributed by atoms with van der Waals surface area (Å²) in [7, 11) is 0. The van der Waals surface area contributed by atoms with E-state index in [2.05, 4.69) is 29.1 Å². The topological polar surface area (TPSA) is 37.8 Å². The molecule has 90 valence electrons. The lowest BCUT2D eigenvalue weighted by molar-refractivity contribution is 0.700. The van der Waals surface area contributed by atoms with Crippen LogP contribution in [0.1, 0.15) is 37.1 Å². The standard InChI is InChI=1S/C13H17N3S/c1-8(2)16-12-11-9-5-3-4-6-10(9)17-13(11)15-7-14-12/h7-8H,3-6H2,1-2H3,(H,14,15,16). The Morgan fingerprint density at radius 1 is 1.24 bits per heavy atom. The highest BCUT2D eigenvalue weighted by atomic mass is 32.1. The van der Waals surface area contributed by atoms with Crippen LogP contribution in [0.5, 0.6) is 0 Å². The Morgan fingerprint density at radius 2 is 2.06 bits per heavy atom. The third-order valence-electron chi connectivity index (χ3n) is 3.18. The highest BCUT2D eigenvalue weighted by Gasteiger charge is 2.19. The molecule has 2 aromatic heterocycles. The van der Waals surface area contributed by atoms with Gasteiger partial charge in [0.15, 0.2) is 0 Å². The zero-order valence-corrected chi connectivity index (χ0v) is 11.1. The smallest absolute Gasteiger partial charge is 0.138 e. The average molecular weight is 247 g/mol. The SMILES string of the molecule is CC(C)Nc1ncnc2sc3c(c12)CCCC3. The molecule has 0 radical (unpaired) electrons. The lowest BCUT2D eigenvalue weighted by Crippen LogP contribution is -2.12. The van der Waals surface area contributed by atoms with Gasteiger partial charge in [0.25, 0.3) is 0 Å². The molecule has 2 aromatic rings. The minimum atomic E-state index is 0.409. The second kappa shape index (κ2) is 4.26. The van der Waals surface area contributed by atoms with Gasteiger partial charge in [0.05, 0.1) is 5.39 Å². The van der Waals surface area contributed by atoms with E-state index in [1.54, 1.807) is 6.33 Å². The molecule has 0 spiro atoms. The molecule has 0 unspecified atom stereocenters. The van der Waals surface area contributed by atoms with Gasteiger partial charge in [0, 0.05) is 10.9 Å². The Bertz CT molecular complexity index is 545. The lowest BCUT2D eigenvalue weighted by atomic mass is 9.97. The Labute approximate surface area is 105 Å². The number of nitrogens with one attached hydrogen (secondary N) is 1. The molecular weight excluding hydrogens is 230 g/mol. The first-order valence-corrected chi connectivity index (χ1v) is 7.09. The first-order chi connectivity index (χ1) is 8.25. The quantitative estimate of drug-likeness (QED) is 0.884. The van der Waals surface area contributed by atoms with Gasteiger partial charge in [-0.25, -0.2) is 9.97 Å². The van der Waals surface area contributed by atoms with E-state index >= 15 is 0 Å². The van der Waals surface area contributed by atoms with Crippen molar-refractivity contribution < 1.29 is 0 Å². The fourth-order valence-corrected chi connectivity index (χ4v) is 3.70. The highest BCUT2D eigenvalue weighted by Crippen LogP contribution is 2.38. The normalized spacial score (nSPS) is 15.2. The molecule has 17 heavy (non-hydrogen) atoms. The first-order valence-electron chi connectivity index (χ1n) is 6.27. The number of anilines is 1. The van der Waals surface area contributed by atoms with E-state index in [1.807, 2.05) is 11.3 Å². The summed E-state index contributed by atoms with van der Waals surface area (Å²) in [6.45, 7) is 4.29. The van der Waals surface area contributed by atoms with Crippen molar-refractivity contribution in [2.75, 3.05) is 5.32 Å². The summed E-state index contributed by atoms with van der Waals surface area (Å²) in [6, 6.07) is 0.409.